The highest BCUT2D eigenvalue weighted by Crippen LogP contribution is 2.31. The largest absolute Gasteiger partial charge is 0.497 e. The lowest BCUT2D eigenvalue weighted by molar-refractivity contribution is -0.113. The number of pyridine rings is 1. The molecule has 6 heteroatoms. The molecule has 1 N–H and O–H groups in total. The van der Waals surface area contributed by atoms with E-state index in [1.807, 2.05) is 44.2 Å². The number of ether oxygens (including phenoxy) is 1. The summed E-state index contributed by atoms with van der Waals surface area (Å²) in [5, 5.41) is 4.50. The second-order valence-electron chi connectivity index (χ2n) is 5.94. The van der Waals surface area contributed by atoms with Crippen LogP contribution in [0.5, 0.6) is 5.75 Å². The number of hydrogen-bond donors (Lipinski definition) is 1. The summed E-state index contributed by atoms with van der Waals surface area (Å²) in [6.07, 6.45) is 0. The van der Waals surface area contributed by atoms with Gasteiger partial charge in [-0.25, -0.2) is 0 Å². The highest BCUT2D eigenvalue weighted by atomic mass is 35.5. The minimum atomic E-state index is -0.0779. The van der Waals surface area contributed by atoms with E-state index in [0.29, 0.717) is 10.8 Å². The van der Waals surface area contributed by atoms with Crippen LogP contribution in [-0.2, 0) is 4.79 Å². The van der Waals surface area contributed by atoms with Crippen molar-refractivity contribution in [1.29, 1.82) is 0 Å². The van der Waals surface area contributed by atoms with Gasteiger partial charge >= 0.3 is 0 Å². The number of aromatic nitrogens is 1. The number of anilines is 1. The van der Waals surface area contributed by atoms with Crippen molar-refractivity contribution in [3.05, 3.63) is 58.7 Å². The molecule has 0 aliphatic heterocycles. The van der Waals surface area contributed by atoms with Gasteiger partial charge in [-0.05, 0) is 55.8 Å². The summed E-state index contributed by atoms with van der Waals surface area (Å²) in [5.74, 6) is 0.983. The highest BCUT2D eigenvalue weighted by Gasteiger charge is 2.10. The van der Waals surface area contributed by atoms with Crippen molar-refractivity contribution in [2.45, 2.75) is 18.7 Å². The molecule has 2 aromatic carbocycles. The van der Waals surface area contributed by atoms with Crippen LogP contribution in [0.3, 0.4) is 0 Å². The molecule has 0 spiro atoms. The molecule has 0 bridgehead atoms. The molecule has 0 atom stereocenters. The number of aryl methyl sites for hydroxylation is 2. The van der Waals surface area contributed by atoms with Gasteiger partial charge in [0.25, 0.3) is 0 Å². The van der Waals surface area contributed by atoms with Crippen LogP contribution in [0, 0.1) is 13.8 Å². The predicted octanol–water partition coefficient (Wildman–Crippen LogP) is 5.24. The average Bonchev–Trinajstić information content (AvgIpc) is 2.62. The van der Waals surface area contributed by atoms with Gasteiger partial charge in [0.05, 0.1) is 18.4 Å². The lowest BCUT2D eigenvalue weighted by Gasteiger charge is -2.11. The smallest absolute Gasteiger partial charge is 0.234 e. The molecule has 4 nitrogen and oxygen atoms in total. The number of amides is 1. The molecule has 0 radical (unpaired) electrons. The molecule has 0 fully saturated rings. The average molecular weight is 387 g/mol. The van der Waals surface area contributed by atoms with E-state index < -0.39 is 0 Å². The number of fused-ring (bicyclic) bond motifs is 1. The van der Waals surface area contributed by atoms with Crippen molar-refractivity contribution in [2.75, 3.05) is 18.2 Å². The maximum atomic E-state index is 12.4. The number of hydrogen-bond acceptors (Lipinski definition) is 4. The van der Waals surface area contributed by atoms with E-state index in [1.165, 1.54) is 11.8 Å². The van der Waals surface area contributed by atoms with Crippen LogP contribution in [0.2, 0.25) is 5.02 Å². The van der Waals surface area contributed by atoms with Gasteiger partial charge in [-0.15, -0.1) is 11.8 Å². The van der Waals surface area contributed by atoms with E-state index >= 15 is 0 Å². The van der Waals surface area contributed by atoms with Crippen molar-refractivity contribution in [3.8, 4) is 5.75 Å². The predicted molar refractivity (Wildman–Crippen MR) is 109 cm³/mol. The highest BCUT2D eigenvalue weighted by molar-refractivity contribution is 8.00. The number of benzene rings is 2. The minimum absolute atomic E-state index is 0.0779. The molecule has 0 saturated carbocycles. The van der Waals surface area contributed by atoms with Gasteiger partial charge in [0.1, 0.15) is 5.75 Å². The van der Waals surface area contributed by atoms with E-state index in [0.717, 1.165) is 38.5 Å². The number of nitrogens with one attached hydrogen (secondary N) is 1. The first-order chi connectivity index (χ1) is 12.5. The summed E-state index contributed by atoms with van der Waals surface area (Å²) in [4.78, 5) is 17.9. The van der Waals surface area contributed by atoms with Crippen LogP contribution in [0.15, 0.2) is 47.4 Å². The van der Waals surface area contributed by atoms with Gasteiger partial charge < -0.3 is 10.1 Å². The summed E-state index contributed by atoms with van der Waals surface area (Å²) in [6.45, 7) is 3.88. The normalized spacial score (nSPS) is 10.8. The Morgan fingerprint density at radius 2 is 2.00 bits per heavy atom. The van der Waals surface area contributed by atoms with Crippen LogP contribution in [0.25, 0.3) is 10.9 Å². The third-order valence-electron chi connectivity index (χ3n) is 3.94. The van der Waals surface area contributed by atoms with Gasteiger partial charge in [0.15, 0.2) is 0 Å². The van der Waals surface area contributed by atoms with Crippen molar-refractivity contribution < 1.29 is 9.53 Å². The molecule has 1 heterocycles. The summed E-state index contributed by atoms with van der Waals surface area (Å²) < 4.78 is 5.31. The van der Waals surface area contributed by atoms with Gasteiger partial charge in [-0.2, -0.15) is 0 Å². The monoisotopic (exact) mass is 386 g/mol. The fraction of sp³-hybridized carbons (Fsp3) is 0.200. The SMILES string of the molecule is COc1ccc2nc(C)cc(SCC(=O)Nc3cc(Cl)ccc3C)c2c1. The summed E-state index contributed by atoms with van der Waals surface area (Å²) in [5.41, 5.74) is 3.51. The van der Waals surface area contributed by atoms with Crippen LogP contribution < -0.4 is 10.1 Å². The van der Waals surface area contributed by atoms with E-state index in [4.69, 9.17) is 16.3 Å². The first kappa shape index (κ1) is 18.5. The Hall–Kier alpha value is -2.24. The Morgan fingerprint density at radius 1 is 1.19 bits per heavy atom. The Labute approximate surface area is 161 Å². The molecular formula is C20H19ClN2O2S. The first-order valence-corrected chi connectivity index (χ1v) is 9.47. The van der Waals surface area contributed by atoms with E-state index in [-0.39, 0.29) is 5.91 Å². The molecule has 0 unspecified atom stereocenters. The zero-order chi connectivity index (χ0) is 18.7. The maximum absolute atomic E-state index is 12.4. The molecule has 3 rings (SSSR count). The van der Waals surface area contributed by atoms with Crippen LogP contribution in [-0.4, -0.2) is 23.8 Å². The second kappa shape index (κ2) is 7.98. The quantitative estimate of drug-likeness (QED) is 0.609. The van der Waals surface area contributed by atoms with Crippen LogP contribution >= 0.6 is 23.4 Å². The summed E-state index contributed by atoms with van der Waals surface area (Å²) >= 11 is 7.49. The zero-order valence-corrected chi connectivity index (χ0v) is 16.4. The van der Waals surface area contributed by atoms with Crippen molar-refractivity contribution in [2.24, 2.45) is 0 Å². The maximum Gasteiger partial charge on any atom is 0.234 e. The van der Waals surface area contributed by atoms with Gasteiger partial charge in [-0.1, -0.05) is 17.7 Å². The molecule has 1 aromatic heterocycles. The number of carbonyl (C=O) groups is 1. The lowest BCUT2D eigenvalue weighted by Crippen LogP contribution is -2.14. The molecule has 0 aliphatic carbocycles. The molecule has 0 aliphatic rings. The Kier molecular flexibility index (Phi) is 5.69. The number of thioether (sulfide) groups is 1. The third kappa shape index (κ3) is 4.29. The van der Waals surface area contributed by atoms with Crippen LogP contribution in [0.1, 0.15) is 11.3 Å². The fourth-order valence-corrected chi connectivity index (χ4v) is 3.71. The Morgan fingerprint density at radius 3 is 2.77 bits per heavy atom. The van der Waals surface area contributed by atoms with E-state index in [9.17, 15) is 4.79 Å². The number of rotatable bonds is 5. The van der Waals surface area contributed by atoms with E-state index in [2.05, 4.69) is 10.3 Å². The summed E-state index contributed by atoms with van der Waals surface area (Å²) in [7, 11) is 1.64. The molecule has 0 saturated heterocycles. The van der Waals surface area contributed by atoms with Crippen LogP contribution in [0.4, 0.5) is 5.69 Å². The third-order valence-corrected chi connectivity index (χ3v) is 5.23. The van der Waals surface area contributed by atoms with Gasteiger partial charge in [0.2, 0.25) is 5.91 Å². The molecular weight excluding hydrogens is 368 g/mol. The number of methoxy groups -OCH3 is 1. The van der Waals surface area contributed by atoms with Crippen molar-refractivity contribution in [1.82, 2.24) is 4.98 Å². The second-order valence-corrected chi connectivity index (χ2v) is 7.39. The Balaban J connectivity index is 1.78. The Bertz CT molecular complexity index is 975. The molecule has 134 valence electrons. The number of nitrogens with zero attached hydrogens (tertiary/aromatic N) is 1. The minimum Gasteiger partial charge on any atom is -0.497 e. The number of carbonyl (C=O) groups excluding carboxylic acids is 1. The van der Waals surface area contributed by atoms with Crippen molar-refractivity contribution in [3.63, 3.8) is 0 Å². The van der Waals surface area contributed by atoms with E-state index in [1.54, 1.807) is 19.2 Å². The van der Waals surface area contributed by atoms with Crippen molar-refractivity contribution >= 4 is 45.9 Å². The lowest BCUT2D eigenvalue weighted by atomic mass is 10.2. The fourth-order valence-electron chi connectivity index (χ4n) is 2.60. The van der Waals surface area contributed by atoms with Gasteiger partial charge in [0, 0.05) is 26.7 Å². The molecule has 3 aromatic rings. The standard InChI is InChI=1S/C20H19ClN2O2S/c1-12-4-5-14(21)9-18(12)23-20(24)11-26-19-8-13(2)22-17-7-6-15(25-3)10-16(17)19/h4-10H,11H2,1-3H3,(H,23,24). The van der Waals surface area contributed by atoms with Gasteiger partial charge in [-0.3, -0.25) is 9.78 Å². The topological polar surface area (TPSA) is 51.2 Å². The molecule has 26 heavy (non-hydrogen) atoms. The number of halogens is 1. The summed E-state index contributed by atoms with van der Waals surface area (Å²) in [6, 6.07) is 13.2. The zero-order valence-electron chi connectivity index (χ0n) is 14.8. The molecule has 1 amide bonds. The first-order valence-electron chi connectivity index (χ1n) is 8.10.